The van der Waals surface area contributed by atoms with Gasteiger partial charge in [-0.25, -0.2) is 9.59 Å². The van der Waals surface area contributed by atoms with Gasteiger partial charge in [0.05, 0.1) is 11.1 Å². The highest BCUT2D eigenvalue weighted by Crippen LogP contribution is 2.32. The van der Waals surface area contributed by atoms with Crippen LogP contribution < -0.4 is 10.1 Å². The summed E-state index contributed by atoms with van der Waals surface area (Å²) in [7, 11) is 0. The maximum Gasteiger partial charge on any atom is 0.414 e. The highest BCUT2D eigenvalue weighted by atomic mass is 79.9. The molecule has 0 fully saturated rings. The van der Waals surface area contributed by atoms with Crippen molar-refractivity contribution in [1.29, 1.82) is 0 Å². The van der Waals surface area contributed by atoms with E-state index in [0.29, 0.717) is 6.61 Å². The first kappa shape index (κ1) is 20.7. The summed E-state index contributed by atoms with van der Waals surface area (Å²) < 4.78 is 6.84. The van der Waals surface area contributed by atoms with Crippen molar-refractivity contribution < 1.29 is 24.5 Å². The molecule has 6 nitrogen and oxygen atoms in total. The topological polar surface area (TPSA) is 95.9 Å². The Balaban J connectivity index is 0.000000450. The van der Waals surface area contributed by atoms with Crippen molar-refractivity contribution >= 4 is 38.6 Å². The second kappa shape index (κ2) is 11.2. The molecule has 0 amide bonds. The zero-order chi connectivity index (χ0) is 18.7. The van der Waals surface area contributed by atoms with Gasteiger partial charge in [-0.05, 0) is 45.7 Å². The van der Waals surface area contributed by atoms with Crippen molar-refractivity contribution in [2.75, 3.05) is 19.7 Å². The highest BCUT2D eigenvalue weighted by Gasteiger charge is 2.05. The summed E-state index contributed by atoms with van der Waals surface area (Å²) in [5.41, 5.74) is 0. The van der Waals surface area contributed by atoms with Gasteiger partial charge in [-0.3, -0.25) is 0 Å². The van der Waals surface area contributed by atoms with Crippen LogP contribution in [0.25, 0.3) is 10.8 Å². The van der Waals surface area contributed by atoms with Gasteiger partial charge in [0.1, 0.15) is 5.75 Å². The molecule has 0 unspecified atom stereocenters. The zero-order valence-electron chi connectivity index (χ0n) is 13.6. The number of hydrogen-bond donors (Lipinski definition) is 3. The first-order chi connectivity index (χ1) is 12.0. The first-order valence-electron chi connectivity index (χ1n) is 7.55. The van der Waals surface area contributed by atoms with Crippen LogP contribution in [0.5, 0.6) is 5.75 Å². The number of ether oxygens (including phenoxy) is 1. The van der Waals surface area contributed by atoms with Gasteiger partial charge in [-0.15, -0.1) is 6.58 Å². The molecular formula is C18H20BrNO5. The Bertz CT molecular complexity index is 720. The summed E-state index contributed by atoms with van der Waals surface area (Å²) in [6, 6.07) is 12.4. The summed E-state index contributed by atoms with van der Waals surface area (Å²) in [5.74, 6) is -2.74. The Labute approximate surface area is 154 Å². The minimum atomic E-state index is -1.82. The average molecular weight is 410 g/mol. The van der Waals surface area contributed by atoms with E-state index in [1.54, 1.807) is 0 Å². The maximum absolute atomic E-state index is 9.10. The smallest absolute Gasteiger partial charge is 0.414 e. The Morgan fingerprint density at radius 2 is 1.84 bits per heavy atom. The lowest BCUT2D eigenvalue weighted by Crippen LogP contribution is -2.17. The van der Waals surface area contributed by atoms with Crippen LogP contribution in [-0.4, -0.2) is 41.8 Å². The van der Waals surface area contributed by atoms with E-state index in [4.69, 9.17) is 24.5 Å². The van der Waals surface area contributed by atoms with Gasteiger partial charge in [0.15, 0.2) is 0 Å². The van der Waals surface area contributed by atoms with Gasteiger partial charge in [-0.1, -0.05) is 36.4 Å². The zero-order valence-corrected chi connectivity index (χ0v) is 15.2. The van der Waals surface area contributed by atoms with Crippen molar-refractivity contribution in [1.82, 2.24) is 5.32 Å². The number of hydrogen-bond acceptors (Lipinski definition) is 4. The van der Waals surface area contributed by atoms with E-state index >= 15 is 0 Å². The lowest BCUT2D eigenvalue weighted by Gasteiger charge is -2.10. The van der Waals surface area contributed by atoms with Crippen LogP contribution in [0.4, 0.5) is 0 Å². The number of fused-ring (bicyclic) bond motifs is 1. The summed E-state index contributed by atoms with van der Waals surface area (Å²) in [5, 5.41) is 20.4. The number of aliphatic carboxylic acids is 2. The van der Waals surface area contributed by atoms with Crippen LogP contribution in [0.1, 0.15) is 6.42 Å². The SMILES string of the molecule is C=CCNCCCOc1ccc2ccccc2c1Br.O=C(O)C(=O)O. The lowest BCUT2D eigenvalue weighted by atomic mass is 10.1. The molecule has 0 aliphatic rings. The van der Waals surface area contributed by atoms with Gasteiger partial charge >= 0.3 is 11.9 Å². The molecule has 0 saturated heterocycles. The molecule has 7 heteroatoms. The molecule has 0 aliphatic carbocycles. The first-order valence-corrected chi connectivity index (χ1v) is 8.34. The number of benzene rings is 2. The van der Waals surface area contributed by atoms with Gasteiger partial charge in [0, 0.05) is 6.54 Å². The molecular weight excluding hydrogens is 390 g/mol. The summed E-state index contributed by atoms with van der Waals surface area (Å²) >= 11 is 3.62. The Morgan fingerprint density at radius 1 is 1.16 bits per heavy atom. The minimum Gasteiger partial charge on any atom is -0.492 e. The molecule has 0 saturated carbocycles. The molecule has 134 valence electrons. The van der Waals surface area contributed by atoms with Crippen LogP contribution >= 0.6 is 15.9 Å². The fraction of sp³-hybridized carbons (Fsp3) is 0.222. The molecule has 2 rings (SSSR count). The molecule has 0 spiro atoms. The largest absolute Gasteiger partial charge is 0.492 e. The number of nitrogens with one attached hydrogen (secondary N) is 1. The Kier molecular flexibility index (Phi) is 9.28. The normalized spacial score (nSPS) is 9.80. The molecule has 0 bridgehead atoms. The summed E-state index contributed by atoms with van der Waals surface area (Å²) in [4.78, 5) is 18.2. The molecule has 2 aromatic rings. The number of halogens is 1. The predicted molar refractivity (Wildman–Crippen MR) is 100 cm³/mol. The minimum absolute atomic E-state index is 0.709. The molecule has 0 aliphatic heterocycles. The molecule has 2 aromatic carbocycles. The quantitative estimate of drug-likeness (QED) is 0.368. The average Bonchev–Trinajstić information content (AvgIpc) is 2.60. The predicted octanol–water partition coefficient (Wildman–Crippen LogP) is 3.30. The number of carbonyl (C=O) groups is 2. The number of carboxylic acids is 2. The van der Waals surface area contributed by atoms with E-state index in [0.717, 1.165) is 29.7 Å². The van der Waals surface area contributed by atoms with E-state index < -0.39 is 11.9 Å². The third-order valence-electron chi connectivity index (χ3n) is 3.05. The fourth-order valence-corrected chi connectivity index (χ4v) is 2.52. The van der Waals surface area contributed by atoms with Gasteiger partial charge in [0.25, 0.3) is 0 Å². The van der Waals surface area contributed by atoms with Gasteiger partial charge in [0.2, 0.25) is 0 Å². The van der Waals surface area contributed by atoms with E-state index in [1.807, 2.05) is 24.3 Å². The fourth-order valence-electron chi connectivity index (χ4n) is 1.91. The monoisotopic (exact) mass is 409 g/mol. The summed E-state index contributed by atoms with van der Waals surface area (Å²) in [6.07, 6.45) is 2.84. The molecule has 0 aromatic heterocycles. The van der Waals surface area contributed by atoms with Crippen molar-refractivity contribution in [3.05, 3.63) is 53.5 Å². The van der Waals surface area contributed by atoms with Crippen LogP contribution in [0.15, 0.2) is 53.5 Å². The maximum atomic E-state index is 9.10. The third kappa shape index (κ3) is 7.36. The second-order valence-electron chi connectivity index (χ2n) is 4.90. The van der Waals surface area contributed by atoms with Crippen LogP contribution in [0.2, 0.25) is 0 Å². The van der Waals surface area contributed by atoms with E-state index in [1.165, 1.54) is 10.8 Å². The molecule has 0 atom stereocenters. The van der Waals surface area contributed by atoms with Crippen molar-refractivity contribution in [3.63, 3.8) is 0 Å². The van der Waals surface area contributed by atoms with Crippen molar-refractivity contribution in [2.24, 2.45) is 0 Å². The van der Waals surface area contributed by atoms with Crippen LogP contribution in [0, 0.1) is 0 Å². The van der Waals surface area contributed by atoms with Crippen molar-refractivity contribution in [3.8, 4) is 5.75 Å². The van der Waals surface area contributed by atoms with E-state index in [9.17, 15) is 0 Å². The number of carboxylic acid groups (broad SMARTS) is 2. The standard InChI is InChI=1S/C16H18BrNO.C2H2O4/c1-2-10-18-11-5-12-19-15-9-8-13-6-3-4-7-14(13)16(15)17;3-1(4)2(5)6/h2-4,6-9,18H,1,5,10-12H2;(H,3,4)(H,5,6). The Hall–Kier alpha value is -2.38. The van der Waals surface area contributed by atoms with E-state index in [-0.39, 0.29) is 0 Å². The Morgan fingerprint density at radius 3 is 2.48 bits per heavy atom. The van der Waals surface area contributed by atoms with E-state index in [2.05, 4.69) is 46.0 Å². The second-order valence-corrected chi connectivity index (χ2v) is 5.70. The third-order valence-corrected chi connectivity index (χ3v) is 3.87. The molecule has 0 radical (unpaired) electrons. The molecule has 25 heavy (non-hydrogen) atoms. The number of rotatable bonds is 7. The van der Waals surface area contributed by atoms with Crippen LogP contribution in [-0.2, 0) is 9.59 Å². The van der Waals surface area contributed by atoms with Gasteiger partial charge in [-0.2, -0.15) is 0 Å². The van der Waals surface area contributed by atoms with Crippen LogP contribution in [0.3, 0.4) is 0 Å². The van der Waals surface area contributed by atoms with Crippen molar-refractivity contribution in [2.45, 2.75) is 6.42 Å². The molecule has 3 N–H and O–H groups in total. The highest BCUT2D eigenvalue weighted by molar-refractivity contribution is 9.10. The van der Waals surface area contributed by atoms with Gasteiger partial charge < -0.3 is 20.3 Å². The lowest BCUT2D eigenvalue weighted by molar-refractivity contribution is -0.159. The molecule has 0 heterocycles. The summed E-state index contributed by atoms with van der Waals surface area (Å²) in [6.45, 7) is 6.16.